The second-order valence-corrected chi connectivity index (χ2v) is 6.26. The van der Waals surface area contributed by atoms with Crippen molar-refractivity contribution in [3.05, 3.63) is 29.8 Å². The first-order valence-corrected chi connectivity index (χ1v) is 7.99. The molecule has 106 valence electrons. The van der Waals surface area contributed by atoms with Crippen molar-refractivity contribution >= 4 is 11.8 Å². The van der Waals surface area contributed by atoms with Gasteiger partial charge in [-0.05, 0) is 25.0 Å². The Morgan fingerprint density at radius 3 is 3.00 bits per heavy atom. The van der Waals surface area contributed by atoms with Gasteiger partial charge in [0.25, 0.3) is 5.89 Å². The van der Waals surface area contributed by atoms with Crippen molar-refractivity contribution in [1.29, 1.82) is 0 Å². The summed E-state index contributed by atoms with van der Waals surface area (Å²) in [6.45, 7) is 0.409. The summed E-state index contributed by atoms with van der Waals surface area (Å²) >= 11 is 1.94. The highest BCUT2D eigenvalue weighted by Gasteiger charge is 2.17. The van der Waals surface area contributed by atoms with Crippen molar-refractivity contribution in [3.8, 4) is 11.5 Å². The smallest absolute Gasteiger partial charge is 0.258 e. The number of hydrogen-bond acceptors (Lipinski definition) is 6. The first kappa shape index (κ1) is 13.6. The van der Waals surface area contributed by atoms with Crippen LogP contribution in [0.1, 0.15) is 37.2 Å². The molecular weight excluding hydrogens is 272 g/mol. The number of pyridine rings is 1. The van der Waals surface area contributed by atoms with Gasteiger partial charge >= 0.3 is 0 Å². The van der Waals surface area contributed by atoms with Gasteiger partial charge in [-0.15, -0.1) is 0 Å². The van der Waals surface area contributed by atoms with E-state index in [0.29, 0.717) is 12.4 Å². The molecule has 20 heavy (non-hydrogen) atoms. The number of nitrogens with two attached hydrogens (primary N) is 1. The van der Waals surface area contributed by atoms with Crippen LogP contribution in [0.3, 0.4) is 0 Å². The van der Waals surface area contributed by atoms with E-state index in [2.05, 4.69) is 15.1 Å². The first-order chi connectivity index (χ1) is 9.85. The van der Waals surface area contributed by atoms with Gasteiger partial charge in [-0.2, -0.15) is 16.7 Å². The van der Waals surface area contributed by atoms with E-state index in [0.717, 1.165) is 28.1 Å². The second-order valence-electron chi connectivity index (χ2n) is 4.97. The van der Waals surface area contributed by atoms with Crippen LogP contribution in [0.15, 0.2) is 22.9 Å². The lowest BCUT2D eigenvalue weighted by Crippen LogP contribution is -1.99. The normalized spacial score (nSPS) is 15.8. The van der Waals surface area contributed by atoms with Gasteiger partial charge in [0.1, 0.15) is 0 Å². The Bertz CT molecular complexity index is 566. The Hall–Kier alpha value is -1.40. The Kier molecular flexibility index (Phi) is 4.32. The van der Waals surface area contributed by atoms with Gasteiger partial charge in [-0.1, -0.05) is 18.0 Å². The molecule has 0 aromatic carbocycles. The molecule has 6 heteroatoms. The number of nitrogens with zero attached hydrogens (tertiary/aromatic N) is 3. The Morgan fingerprint density at radius 2 is 2.20 bits per heavy atom. The Labute approximate surface area is 122 Å². The van der Waals surface area contributed by atoms with E-state index in [1.54, 1.807) is 6.20 Å². The van der Waals surface area contributed by atoms with Crippen LogP contribution in [-0.4, -0.2) is 20.4 Å². The molecule has 1 aliphatic carbocycles. The minimum atomic E-state index is 0.409. The minimum Gasteiger partial charge on any atom is -0.334 e. The molecule has 1 aliphatic rings. The molecule has 2 aromatic heterocycles. The summed E-state index contributed by atoms with van der Waals surface area (Å²) in [7, 11) is 0. The predicted molar refractivity (Wildman–Crippen MR) is 79.0 cm³/mol. The van der Waals surface area contributed by atoms with Gasteiger partial charge in [0.05, 0.1) is 11.4 Å². The molecule has 0 unspecified atom stereocenters. The summed E-state index contributed by atoms with van der Waals surface area (Å²) in [6.07, 6.45) is 7.07. The molecule has 2 aromatic rings. The fraction of sp³-hybridized carbons (Fsp3) is 0.500. The summed E-state index contributed by atoms with van der Waals surface area (Å²) in [6, 6.07) is 3.75. The third kappa shape index (κ3) is 3.19. The van der Waals surface area contributed by atoms with Gasteiger partial charge < -0.3 is 10.3 Å². The van der Waals surface area contributed by atoms with E-state index in [1.165, 1.54) is 25.7 Å². The zero-order valence-corrected chi connectivity index (χ0v) is 12.1. The van der Waals surface area contributed by atoms with Crippen molar-refractivity contribution in [2.75, 3.05) is 0 Å². The zero-order chi connectivity index (χ0) is 13.8. The third-order valence-electron chi connectivity index (χ3n) is 3.49. The predicted octanol–water partition coefficient (Wildman–Crippen LogP) is 2.77. The summed E-state index contributed by atoms with van der Waals surface area (Å²) in [5.41, 5.74) is 7.29. The van der Waals surface area contributed by atoms with Crippen LogP contribution in [0.2, 0.25) is 0 Å². The van der Waals surface area contributed by atoms with Crippen molar-refractivity contribution < 1.29 is 4.52 Å². The quantitative estimate of drug-likeness (QED) is 0.912. The fourth-order valence-corrected chi connectivity index (χ4v) is 3.57. The molecule has 0 amide bonds. The van der Waals surface area contributed by atoms with E-state index < -0.39 is 0 Å². The van der Waals surface area contributed by atoms with Gasteiger partial charge in [0.2, 0.25) is 0 Å². The number of thioether (sulfide) groups is 1. The largest absolute Gasteiger partial charge is 0.334 e. The average Bonchev–Trinajstić information content (AvgIpc) is 3.16. The molecule has 3 rings (SSSR count). The highest BCUT2D eigenvalue weighted by Crippen LogP contribution is 2.31. The maximum atomic E-state index is 5.59. The number of rotatable bonds is 5. The third-order valence-corrected chi connectivity index (χ3v) is 4.86. The van der Waals surface area contributed by atoms with Crippen molar-refractivity contribution in [3.63, 3.8) is 0 Å². The molecular formula is C14H18N4OS. The molecule has 0 spiro atoms. The Morgan fingerprint density at radius 1 is 1.35 bits per heavy atom. The average molecular weight is 290 g/mol. The van der Waals surface area contributed by atoms with E-state index >= 15 is 0 Å². The summed E-state index contributed by atoms with van der Waals surface area (Å²) in [5.74, 6) is 2.13. The maximum absolute atomic E-state index is 5.59. The zero-order valence-electron chi connectivity index (χ0n) is 11.3. The van der Waals surface area contributed by atoms with E-state index in [9.17, 15) is 0 Å². The highest BCUT2D eigenvalue weighted by molar-refractivity contribution is 7.99. The molecule has 1 saturated carbocycles. The first-order valence-electron chi connectivity index (χ1n) is 6.94. The van der Waals surface area contributed by atoms with Crippen LogP contribution in [0.5, 0.6) is 0 Å². The maximum Gasteiger partial charge on any atom is 0.258 e. The number of hydrogen-bond donors (Lipinski definition) is 1. The monoisotopic (exact) mass is 290 g/mol. The molecule has 2 N–H and O–H groups in total. The van der Waals surface area contributed by atoms with Crippen LogP contribution in [0.4, 0.5) is 0 Å². The number of aromatic nitrogens is 3. The topological polar surface area (TPSA) is 77.8 Å². The Balaban J connectivity index is 1.66. The summed E-state index contributed by atoms with van der Waals surface area (Å²) in [5, 5.41) is 4.82. The van der Waals surface area contributed by atoms with Crippen LogP contribution in [0.25, 0.3) is 11.5 Å². The molecule has 1 fully saturated rings. The minimum absolute atomic E-state index is 0.409. The lowest BCUT2D eigenvalue weighted by atomic mass is 10.2. The highest BCUT2D eigenvalue weighted by atomic mass is 32.2. The second kappa shape index (κ2) is 6.37. The molecule has 0 radical (unpaired) electrons. The van der Waals surface area contributed by atoms with Crippen molar-refractivity contribution in [2.24, 2.45) is 5.73 Å². The van der Waals surface area contributed by atoms with E-state index in [-0.39, 0.29) is 0 Å². The molecule has 0 saturated heterocycles. The van der Waals surface area contributed by atoms with Gasteiger partial charge in [-0.3, -0.25) is 4.98 Å². The van der Waals surface area contributed by atoms with Crippen LogP contribution in [0, 0.1) is 0 Å². The molecule has 5 nitrogen and oxygen atoms in total. The van der Waals surface area contributed by atoms with E-state index in [4.69, 9.17) is 10.3 Å². The van der Waals surface area contributed by atoms with Crippen molar-refractivity contribution in [1.82, 2.24) is 15.1 Å². The summed E-state index contributed by atoms with van der Waals surface area (Å²) < 4.78 is 5.32. The molecule has 0 atom stereocenters. The van der Waals surface area contributed by atoms with Gasteiger partial charge in [-0.25, -0.2) is 0 Å². The lowest BCUT2D eigenvalue weighted by molar-refractivity contribution is 0.425. The molecule has 0 bridgehead atoms. The van der Waals surface area contributed by atoms with Crippen LogP contribution < -0.4 is 5.73 Å². The lowest BCUT2D eigenvalue weighted by Gasteiger charge is -2.04. The standard InChI is InChI=1S/C14H18N4OS/c15-8-11-7-10(5-6-16-11)14-17-13(18-19-14)9-20-12-3-1-2-4-12/h5-7,12H,1-4,8-9,15H2. The van der Waals surface area contributed by atoms with Crippen LogP contribution in [-0.2, 0) is 12.3 Å². The molecule has 2 heterocycles. The van der Waals surface area contributed by atoms with Gasteiger partial charge in [0.15, 0.2) is 5.82 Å². The SMILES string of the molecule is NCc1cc(-c2nc(CSC3CCCC3)no2)ccn1. The summed E-state index contributed by atoms with van der Waals surface area (Å²) in [4.78, 5) is 8.61. The van der Waals surface area contributed by atoms with Crippen molar-refractivity contribution in [2.45, 2.75) is 43.2 Å². The fourth-order valence-electron chi connectivity index (χ4n) is 2.40. The van der Waals surface area contributed by atoms with Crippen LogP contribution >= 0.6 is 11.8 Å². The molecule has 0 aliphatic heterocycles. The van der Waals surface area contributed by atoms with E-state index in [1.807, 2.05) is 23.9 Å². The van der Waals surface area contributed by atoms with Gasteiger partial charge in [0, 0.05) is 23.6 Å².